The van der Waals surface area contributed by atoms with Crippen molar-refractivity contribution in [1.82, 2.24) is 0 Å². The second-order valence-electron chi connectivity index (χ2n) is 4.56. The predicted molar refractivity (Wildman–Crippen MR) is 77.4 cm³/mol. The maximum absolute atomic E-state index is 11.2. The Hall–Kier alpha value is -1.77. The summed E-state index contributed by atoms with van der Waals surface area (Å²) in [6.45, 7) is 2.14. The van der Waals surface area contributed by atoms with Crippen LogP contribution in [0.2, 0.25) is 0 Å². The van der Waals surface area contributed by atoms with E-state index in [1.165, 1.54) is 0 Å². The maximum Gasteiger partial charge on any atom is 0.331 e. The number of ether oxygens (including phenoxy) is 1. The third kappa shape index (κ3) is 5.60. The van der Waals surface area contributed by atoms with E-state index in [-0.39, 0.29) is 0 Å². The topological polar surface area (TPSA) is 46.5 Å². The SMILES string of the molecule is CCCCCCC(=Cc1ccc(OC)cc1)C(=O)O. The molecule has 0 fully saturated rings. The summed E-state index contributed by atoms with van der Waals surface area (Å²) in [7, 11) is 1.61. The van der Waals surface area contributed by atoms with Gasteiger partial charge in [-0.3, -0.25) is 0 Å². The number of rotatable bonds is 8. The van der Waals surface area contributed by atoms with Crippen molar-refractivity contribution in [2.75, 3.05) is 7.11 Å². The average molecular weight is 262 g/mol. The van der Waals surface area contributed by atoms with Crippen LogP contribution in [0.15, 0.2) is 29.8 Å². The van der Waals surface area contributed by atoms with E-state index in [1.54, 1.807) is 13.2 Å². The molecule has 1 aromatic carbocycles. The Balaban J connectivity index is 2.68. The Bertz CT molecular complexity index is 418. The molecule has 1 aromatic rings. The third-order valence-corrected chi connectivity index (χ3v) is 3.03. The summed E-state index contributed by atoms with van der Waals surface area (Å²) in [4.78, 5) is 11.2. The van der Waals surface area contributed by atoms with Crippen LogP contribution in [0.5, 0.6) is 5.75 Å². The highest BCUT2D eigenvalue weighted by atomic mass is 16.5. The predicted octanol–water partition coefficient (Wildman–Crippen LogP) is 4.13. The molecule has 0 aromatic heterocycles. The number of carboxylic acid groups (broad SMARTS) is 1. The molecule has 3 heteroatoms. The molecule has 0 aliphatic carbocycles. The number of unbranched alkanes of at least 4 members (excludes halogenated alkanes) is 3. The minimum Gasteiger partial charge on any atom is -0.497 e. The van der Waals surface area contributed by atoms with E-state index in [0.29, 0.717) is 12.0 Å². The maximum atomic E-state index is 11.2. The van der Waals surface area contributed by atoms with Crippen molar-refractivity contribution in [3.8, 4) is 5.75 Å². The molecule has 0 spiro atoms. The summed E-state index contributed by atoms with van der Waals surface area (Å²) in [6, 6.07) is 7.41. The fraction of sp³-hybridized carbons (Fsp3) is 0.438. The minimum absolute atomic E-state index is 0.473. The second kappa shape index (κ2) is 8.35. The fourth-order valence-corrected chi connectivity index (χ4v) is 1.88. The molecular formula is C16H22O3. The molecule has 1 N–H and O–H groups in total. The van der Waals surface area contributed by atoms with Crippen molar-refractivity contribution < 1.29 is 14.6 Å². The first-order valence-electron chi connectivity index (χ1n) is 6.75. The van der Waals surface area contributed by atoms with Crippen LogP contribution >= 0.6 is 0 Å². The van der Waals surface area contributed by atoms with Crippen LogP contribution < -0.4 is 4.74 Å². The Morgan fingerprint density at radius 1 is 1.21 bits per heavy atom. The Kier molecular flexibility index (Phi) is 6.72. The molecule has 3 nitrogen and oxygen atoms in total. The molecule has 0 amide bonds. The first-order chi connectivity index (χ1) is 9.17. The highest BCUT2D eigenvalue weighted by Gasteiger charge is 2.07. The number of hydrogen-bond donors (Lipinski definition) is 1. The quantitative estimate of drug-likeness (QED) is 0.566. The lowest BCUT2D eigenvalue weighted by molar-refractivity contribution is -0.132. The minimum atomic E-state index is -0.827. The van der Waals surface area contributed by atoms with Gasteiger partial charge >= 0.3 is 5.97 Å². The van der Waals surface area contributed by atoms with Crippen LogP contribution in [0.3, 0.4) is 0 Å². The summed E-state index contributed by atoms with van der Waals surface area (Å²) in [6.07, 6.45) is 6.71. The van der Waals surface area contributed by atoms with Crippen LogP contribution in [0.4, 0.5) is 0 Å². The molecule has 0 heterocycles. The van der Waals surface area contributed by atoms with Crippen LogP contribution in [-0.4, -0.2) is 18.2 Å². The molecule has 0 bridgehead atoms. The van der Waals surface area contributed by atoms with Crippen molar-refractivity contribution in [3.63, 3.8) is 0 Å². The molecule has 19 heavy (non-hydrogen) atoms. The number of aliphatic carboxylic acids is 1. The molecule has 0 aliphatic heterocycles. The lowest BCUT2D eigenvalue weighted by Crippen LogP contribution is -2.00. The number of carbonyl (C=O) groups is 1. The smallest absolute Gasteiger partial charge is 0.331 e. The van der Waals surface area contributed by atoms with Crippen molar-refractivity contribution >= 4 is 12.0 Å². The van der Waals surface area contributed by atoms with E-state index in [4.69, 9.17) is 4.74 Å². The normalized spacial score (nSPS) is 11.4. The van der Waals surface area contributed by atoms with Gasteiger partial charge in [0.1, 0.15) is 5.75 Å². The summed E-state index contributed by atoms with van der Waals surface area (Å²) in [5, 5.41) is 9.20. The fourth-order valence-electron chi connectivity index (χ4n) is 1.88. The van der Waals surface area contributed by atoms with Crippen molar-refractivity contribution in [1.29, 1.82) is 0 Å². The van der Waals surface area contributed by atoms with E-state index in [9.17, 15) is 9.90 Å². The zero-order chi connectivity index (χ0) is 14.1. The van der Waals surface area contributed by atoms with E-state index >= 15 is 0 Å². The molecule has 0 radical (unpaired) electrons. The van der Waals surface area contributed by atoms with E-state index in [2.05, 4.69) is 6.92 Å². The molecular weight excluding hydrogens is 240 g/mol. The Morgan fingerprint density at radius 2 is 1.89 bits per heavy atom. The van der Waals surface area contributed by atoms with Crippen LogP contribution in [-0.2, 0) is 4.79 Å². The summed E-state index contributed by atoms with van der Waals surface area (Å²) >= 11 is 0. The van der Waals surface area contributed by atoms with Gasteiger partial charge in [0, 0.05) is 5.57 Å². The van der Waals surface area contributed by atoms with Crippen molar-refractivity contribution in [3.05, 3.63) is 35.4 Å². The van der Waals surface area contributed by atoms with Gasteiger partial charge in [0.15, 0.2) is 0 Å². The summed E-state index contributed by atoms with van der Waals surface area (Å²) < 4.78 is 5.08. The zero-order valence-corrected chi connectivity index (χ0v) is 11.7. The van der Waals surface area contributed by atoms with Crippen molar-refractivity contribution in [2.24, 2.45) is 0 Å². The van der Waals surface area contributed by atoms with Gasteiger partial charge in [-0.25, -0.2) is 4.79 Å². The highest BCUT2D eigenvalue weighted by Crippen LogP contribution is 2.17. The van der Waals surface area contributed by atoms with Gasteiger partial charge in [-0.15, -0.1) is 0 Å². The molecule has 0 atom stereocenters. The zero-order valence-electron chi connectivity index (χ0n) is 11.7. The largest absolute Gasteiger partial charge is 0.497 e. The molecule has 104 valence electrons. The van der Waals surface area contributed by atoms with Gasteiger partial charge in [-0.1, -0.05) is 38.3 Å². The van der Waals surface area contributed by atoms with Crippen LogP contribution in [0, 0.1) is 0 Å². The van der Waals surface area contributed by atoms with Gasteiger partial charge in [-0.2, -0.15) is 0 Å². The first kappa shape index (κ1) is 15.3. The van der Waals surface area contributed by atoms with Gasteiger partial charge in [0.25, 0.3) is 0 Å². The highest BCUT2D eigenvalue weighted by molar-refractivity contribution is 5.92. The Labute approximate surface area is 114 Å². The molecule has 0 saturated heterocycles. The number of methoxy groups -OCH3 is 1. The first-order valence-corrected chi connectivity index (χ1v) is 6.75. The van der Waals surface area contributed by atoms with E-state index in [1.807, 2.05) is 24.3 Å². The van der Waals surface area contributed by atoms with Crippen LogP contribution in [0.25, 0.3) is 6.08 Å². The van der Waals surface area contributed by atoms with Crippen molar-refractivity contribution in [2.45, 2.75) is 39.0 Å². The van der Waals surface area contributed by atoms with Crippen LogP contribution in [0.1, 0.15) is 44.6 Å². The lowest BCUT2D eigenvalue weighted by Gasteiger charge is -2.04. The van der Waals surface area contributed by atoms with E-state index < -0.39 is 5.97 Å². The second-order valence-corrected chi connectivity index (χ2v) is 4.56. The standard InChI is InChI=1S/C16H22O3/c1-3-4-5-6-7-14(16(17)18)12-13-8-10-15(19-2)11-9-13/h8-12H,3-7H2,1-2H3,(H,17,18). The lowest BCUT2D eigenvalue weighted by atomic mass is 10.0. The Morgan fingerprint density at radius 3 is 2.42 bits per heavy atom. The monoisotopic (exact) mass is 262 g/mol. The number of carboxylic acids is 1. The van der Waals surface area contributed by atoms with E-state index in [0.717, 1.165) is 37.0 Å². The van der Waals surface area contributed by atoms with Gasteiger partial charge < -0.3 is 9.84 Å². The van der Waals surface area contributed by atoms with Gasteiger partial charge in [-0.05, 0) is 36.6 Å². The summed E-state index contributed by atoms with van der Waals surface area (Å²) in [5.74, 6) is -0.0516. The average Bonchev–Trinajstić information content (AvgIpc) is 2.42. The summed E-state index contributed by atoms with van der Waals surface area (Å²) in [5.41, 5.74) is 1.37. The van der Waals surface area contributed by atoms with Gasteiger partial charge in [0.2, 0.25) is 0 Å². The molecule has 0 saturated carbocycles. The number of benzene rings is 1. The van der Waals surface area contributed by atoms with Gasteiger partial charge in [0.05, 0.1) is 7.11 Å². The molecule has 1 rings (SSSR count). The third-order valence-electron chi connectivity index (χ3n) is 3.03. The molecule has 0 aliphatic rings. The molecule has 0 unspecified atom stereocenters. The number of hydrogen-bond acceptors (Lipinski definition) is 2.